The van der Waals surface area contributed by atoms with Crippen molar-refractivity contribution in [2.24, 2.45) is 0 Å². The fourth-order valence-electron chi connectivity index (χ4n) is 1.03. The molecule has 2 rings (SSSR count). The second-order valence-electron chi connectivity index (χ2n) is 2.28. The minimum absolute atomic E-state index is 0.0567. The van der Waals surface area contributed by atoms with Crippen LogP contribution in [0.1, 0.15) is 10.4 Å². The molecule has 5 heteroatoms. The molecule has 0 bridgehead atoms. The maximum absolute atomic E-state index is 10.5. The van der Waals surface area contributed by atoms with Crippen molar-refractivity contribution in [1.82, 2.24) is 15.4 Å². The molecular formula is C7H4N3O2-. The predicted octanol–water partition coefficient (Wildman–Crippen LogP) is -0.679. The van der Waals surface area contributed by atoms with Crippen molar-refractivity contribution in [3.63, 3.8) is 0 Å². The van der Waals surface area contributed by atoms with E-state index in [0.29, 0.717) is 11.0 Å². The summed E-state index contributed by atoms with van der Waals surface area (Å²) in [6.45, 7) is 0. The number of hydrogen-bond acceptors (Lipinski definition) is 4. The molecule has 0 saturated heterocycles. The van der Waals surface area contributed by atoms with Crippen molar-refractivity contribution in [2.75, 3.05) is 0 Å². The van der Waals surface area contributed by atoms with Crippen LogP contribution in [-0.2, 0) is 0 Å². The minimum atomic E-state index is -1.24. The molecule has 0 aliphatic heterocycles. The van der Waals surface area contributed by atoms with E-state index < -0.39 is 5.97 Å². The van der Waals surface area contributed by atoms with Gasteiger partial charge < -0.3 is 9.90 Å². The molecule has 1 heterocycles. The van der Waals surface area contributed by atoms with Crippen LogP contribution in [0.5, 0.6) is 0 Å². The number of carbonyl (C=O) groups is 1. The van der Waals surface area contributed by atoms with E-state index in [2.05, 4.69) is 15.4 Å². The van der Waals surface area contributed by atoms with Crippen LogP contribution < -0.4 is 5.11 Å². The molecule has 5 nitrogen and oxygen atoms in total. The highest BCUT2D eigenvalue weighted by atomic mass is 16.4. The monoisotopic (exact) mass is 162 g/mol. The van der Waals surface area contributed by atoms with Crippen molar-refractivity contribution in [3.05, 3.63) is 23.8 Å². The van der Waals surface area contributed by atoms with Crippen LogP contribution in [-0.4, -0.2) is 21.4 Å². The van der Waals surface area contributed by atoms with Gasteiger partial charge in [0.2, 0.25) is 0 Å². The molecule has 12 heavy (non-hydrogen) atoms. The predicted molar refractivity (Wildman–Crippen MR) is 38.2 cm³/mol. The molecule has 0 aliphatic carbocycles. The Hall–Kier alpha value is -1.91. The Morgan fingerprint density at radius 1 is 1.42 bits per heavy atom. The van der Waals surface area contributed by atoms with E-state index in [1.54, 1.807) is 12.1 Å². The zero-order valence-electron chi connectivity index (χ0n) is 5.94. The van der Waals surface area contributed by atoms with Crippen LogP contribution >= 0.6 is 0 Å². The molecule has 60 valence electrons. The molecule has 1 aromatic heterocycles. The lowest BCUT2D eigenvalue weighted by atomic mass is 10.2. The van der Waals surface area contributed by atoms with Gasteiger partial charge in [-0.15, -0.1) is 0 Å². The molecule has 0 unspecified atom stereocenters. The van der Waals surface area contributed by atoms with E-state index >= 15 is 0 Å². The summed E-state index contributed by atoms with van der Waals surface area (Å²) < 4.78 is 0. The smallest absolute Gasteiger partial charge is 0.122 e. The zero-order valence-corrected chi connectivity index (χ0v) is 5.94. The average molecular weight is 162 g/mol. The number of carbonyl (C=O) groups excluding carboxylic acids is 1. The normalized spacial score (nSPS) is 10.3. The van der Waals surface area contributed by atoms with Gasteiger partial charge in [-0.1, -0.05) is 12.1 Å². The van der Waals surface area contributed by atoms with Gasteiger partial charge in [0.25, 0.3) is 0 Å². The molecule has 0 amide bonds. The van der Waals surface area contributed by atoms with Gasteiger partial charge in [-0.25, -0.2) is 0 Å². The van der Waals surface area contributed by atoms with Gasteiger partial charge in [0.05, 0.1) is 5.97 Å². The average Bonchev–Trinajstić information content (AvgIpc) is 2.49. The molecule has 0 atom stereocenters. The van der Waals surface area contributed by atoms with Crippen LogP contribution in [0.2, 0.25) is 0 Å². The number of fused-ring (bicyclic) bond motifs is 1. The number of rotatable bonds is 1. The number of benzene rings is 1. The van der Waals surface area contributed by atoms with E-state index in [1.807, 2.05) is 0 Å². The molecule has 1 aromatic carbocycles. The lowest BCUT2D eigenvalue weighted by molar-refractivity contribution is -0.254. The van der Waals surface area contributed by atoms with Crippen LogP contribution in [0.4, 0.5) is 0 Å². The van der Waals surface area contributed by atoms with Crippen LogP contribution in [0.25, 0.3) is 11.0 Å². The Kier molecular flexibility index (Phi) is 1.30. The second-order valence-corrected chi connectivity index (χ2v) is 2.28. The molecule has 0 aliphatic rings. The highest BCUT2D eigenvalue weighted by molar-refractivity contribution is 5.99. The Morgan fingerprint density at radius 2 is 2.25 bits per heavy atom. The van der Waals surface area contributed by atoms with Crippen LogP contribution in [0.3, 0.4) is 0 Å². The summed E-state index contributed by atoms with van der Waals surface area (Å²) in [5.41, 5.74) is 0.912. The van der Waals surface area contributed by atoms with Gasteiger partial charge in [-0.2, -0.15) is 15.4 Å². The number of aromatic carboxylic acids is 1. The quantitative estimate of drug-likeness (QED) is 0.602. The lowest BCUT2D eigenvalue weighted by Gasteiger charge is -2.00. The lowest BCUT2D eigenvalue weighted by Crippen LogP contribution is -2.22. The van der Waals surface area contributed by atoms with Gasteiger partial charge in [0.1, 0.15) is 11.0 Å². The molecule has 0 spiro atoms. The zero-order chi connectivity index (χ0) is 8.55. The van der Waals surface area contributed by atoms with Crippen molar-refractivity contribution >= 4 is 17.0 Å². The number of nitrogens with zero attached hydrogens (tertiary/aromatic N) is 2. The van der Waals surface area contributed by atoms with Crippen molar-refractivity contribution in [2.45, 2.75) is 0 Å². The molecule has 2 aromatic rings. The van der Waals surface area contributed by atoms with E-state index in [9.17, 15) is 9.90 Å². The summed E-state index contributed by atoms with van der Waals surface area (Å²) in [5, 5.41) is 20.3. The number of nitrogens with one attached hydrogen (secondary N) is 1. The Morgan fingerprint density at radius 3 is 3.00 bits per heavy atom. The third kappa shape index (κ3) is 0.833. The highest BCUT2D eigenvalue weighted by Crippen LogP contribution is 2.11. The molecule has 0 fully saturated rings. The van der Waals surface area contributed by atoms with E-state index in [0.717, 1.165) is 0 Å². The first-order valence-corrected chi connectivity index (χ1v) is 3.30. The van der Waals surface area contributed by atoms with Gasteiger partial charge in [-0.3, -0.25) is 0 Å². The standard InChI is InChI=1S/C7H5N3O2/c11-7(12)4-2-1-3-5-6(4)9-10-8-5/h1-3H,(H,11,12)(H,8,9,10)/p-1. The van der Waals surface area contributed by atoms with Crippen molar-refractivity contribution in [1.29, 1.82) is 0 Å². The molecule has 1 N–H and O–H groups in total. The largest absolute Gasteiger partial charge is 0.545 e. The fourth-order valence-corrected chi connectivity index (χ4v) is 1.03. The SMILES string of the molecule is O=C([O-])c1cccc2n[nH]nc12. The third-order valence-corrected chi connectivity index (χ3v) is 1.57. The van der Waals surface area contributed by atoms with Gasteiger partial charge in [0.15, 0.2) is 0 Å². The number of para-hydroxylation sites is 1. The second kappa shape index (κ2) is 2.30. The van der Waals surface area contributed by atoms with Gasteiger partial charge in [-0.05, 0) is 6.07 Å². The summed E-state index contributed by atoms with van der Waals surface area (Å²) in [6, 6.07) is 4.70. The third-order valence-electron chi connectivity index (χ3n) is 1.57. The van der Waals surface area contributed by atoms with E-state index in [4.69, 9.17) is 0 Å². The number of aromatic nitrogens is 3. The maximum Gasteiger partial charge on any atom is 0.122 e. The fraction of sp³-hybridized carbons (Fsp3) is 0. The summed E-state index contributed by atoms with van der Waals surface area (Å²) in [4.78, 5) is 10.5. The van der Waals surface area contributed by atoms with Crippen LogP contribution in [0.15, 0.2) is 18.2 Å². The Bertz CT molecular complexity index is 435. The summed E-state index contributed by atoms with van der Waals surface area (Å²) in [7, 11) is 0. The van der Waals surface area contributed by atoms with Crippen LogP contribution in [0, 0.1) is 0 Å². The summed E-state index contributed by atoms with van der Waals surface area (Å²) in [6.07, 6.45) is 0. The molecule has 0 saturated carbocycles. The number of aromatic amines is 1. The number of carboxylic acids is 1. The number of H-pyrrole nitrogens is 1. The maximum atomic E-state index is 10.5. The summed E-state index contributed by atoms with van der Waals surface area (Å²) >= 11 is 0. The summed E-state index contributed by atoms with van der Waals surface area (Å²) in [5.74, 6) is -1.24. The first-order valence-electron chi connectivity index (χ1n) is 3.30. The van der Waals surface area contributed by atoms with E-state index in [-0.39, 0.29) is 5.56 Å². The molecular weight excluding hydrogens is 158 g/mol. The minimum Gasteiger partial charge on any atom is -0.545 e. The first kappa shape index (κ1) is 6.78. The Balaban J connectivity index is 2.82. The first-order chi connectivity index (χ1) is 5.79. The highest BCUT2D eigenvalue weighted by Gasteiger charge is 2.03. The number of carboxylic acid groups (broad SMARTS) is 1. The Labute approximate surface area is 67.0 Å². The van der Waals surface area contributed by atoms with Crippen molar-refractivity contribution < 1.29 is 9.90 Å². The van der Waals surface area contributed by atoms with Crippen molar-refractivity contribution in [3.8, 4) is 0 Å². The van der Waals surface area contributed by atoms with E-state index in [1.165, 1.54) is 6.07 Å². The van der Waals surface area contributed by atoms with Gasteiger partial charge in [0, 0.05) is 5.56 Å². The van der Waals surface area contributed by atoms with Gasteiger partial charge >= 0.3 is 0 Å². The number of hydrogen-bond donors (Lipinski definition) is 1. The topological polar surface area (TPSA) is 81.7 Å². The molecule has 0 radical (unpaired) electrons.